The molecule has 0 saturated carbocycles. The maximum absolute atomic E-state index is 12.4. The lowest BCUT2D eigenvalue weighted by Crippen LogP contribution is -2.38. The average Bonchev–Trinajstić information content (AvgIpc) is 2.85. The van der Waals surface area contributed by atoms with E-state index < -0.39 is 4.92 Å². The molecule has 184 valence electrons. The van der Waals surface area contributed by atoms with E-state index in [1.807, 2.05) is 81.7 Å². The van der Waals surface area contributed by atoms with Crippen LogP contribution in [0.4, 0.5) is 5.69 Å². The molecule has 3 rings (SSSR count). The molecule has 1 amide bonds. The molecule has 0 spiro atoms. The summed E-state index contributed by atoms with van der Waals surface area (Å²) in [6, 6.07) is 24.4. The maximum atomic E-state index is 12.4. The zero-order chi connectivity index (χ0) is 25.4. The average molecular weight is 476 g/mol. The van der Waals surface area contributed by atoms with E-state index in [2.05, 4.69) is 4.90 Å². The summed E-state index contributed by atoms with van der Waals surface area (Å²) in [5.74, 6) is -0.476. The molecular formula is C28H33N3O4. The van der Waals surface area contributed by atoms with Crippen LogP contribution in [0.5, 0.6) is 5.75 Å². The molecule has 3 aromatic rings. The minimum Gasteiger partial charge on any atom is -0.482 e. The van der Waals surface area contributed by atoms with Gasteiger partial charge in [-0.15, -0.1) is 0 Å². The summed E-state index contributed by atoms with van der Waals surface area (Å²) in [4.78, 5) is 25.6. The van der Waals surface area contributed by atoms with Crippen molar-refractivity contribution in [2.24, 2.45) is 11.7 Å². The van der Waals surface area contributed by atoms with Crippen molar-refractivity contribution in [2.45, 2.75) is 38.3 Å². The fourth-order valence-corrected chi connectivity index (χ4v) is 4.28. The van der Waals surface area contributed by atoms with Crippen LogP contribution in [-0.2, 0) is 17.8 Å². The molecule has 2 N–H and O–H groups in total. The van der Waals surface area contributed by atoms with E-state index in [-0.39, 0.29) is 41.8 Å². The molecule has 0 bridgehead atoms. The molecule has 0 fully saturated rings. The van der Waals surface area contributed by atoms with Gasteiger partial charge in [0.15, 0.2) is 5.75 Å². The molecule has 7 nitrogen and oxygen atoms in total. The van der Waals surface area contributed by atoms with Crippen LogP contribution in [0.2, 0.25) is 0 Å². The van der Waals surface area contributed by atoms with Crippen LogP contribution < -0.4 is 10.5 Å². The highest BCUT2D eigenvalue weighted by molar-refractivity contribution is 5.77. The smallest absolute Gasteiger partial charge is 0.310 e. The van der Waals surface area contributed by atoms with Crippen LogP contribution in [0.25, 0.3) is 0 Å². The number of carbonyl (C=O) groups excluding carboxylic acids is 1. The van der Waals surface area contributed by atoms with Crippen molar-refractivity contribution in [3.8, 4) is 5.75 Å². The van der Waals surface area contributed by atoms with Crippen molar-refractivity contribution in [2.75, 3.05) is 14.1 Å². The minimum absolute atomic E-state index is 0.00194. The van der Waals surface area contributed by atoms with Gasteiger partial charge in [0.1, 0.15) is 6.61 Å². The van der Waals surface area contributed by atoms with Gasteiger partial charge in [-0.3, -0.25) is 14.9 Å². The first-order valence-corrected chi connectivity index (χ1v) is 11.7. The fourth-order valence-electron chi connectivity index (χ4n) is 4.28. The summed E-state index contributed by atoms with van der Waals surface area (Å²) in [6.07, 6.45) is 1.16. The molecule has 3 aromatic carbocycles. The van der Waals surface area contributed by atoms with Gasteiger partial charge in [-0.25, -0.2) is 0 Å². The van der Waals surface area contributed by atoms with Crippen LogP contribution in [0.1, 0.15) is 36.0 Å². The lowest BCUT2D eigenvalue weighted by Gasteiger charge is -2.30. The van der Waals surface area contributed by atoms with Crippen molar-refractivity contribution < 1.29 is 14.5 Å². The number of nitrogens with zero attached hydrogens (tertiary/aromatic N) is 2. The normalized spacial score (nSPS) is 13.7. The number of primary amides is 1. The highest BCUT2D eigenvalue weighted by atomic mass is 16.6. The van der Waals surface area contributed by atoms with Gasteiger partial charge in [-0.1, -0.05) is 73.7 Å². The van der Waals surface area contributed by atoms with Crippen LogP contribution >= 0.6 is 0 Å². The van der Waals surface area contributed by atoms with Crippen LogP contribution in [0.3, 0.4) is 0 Å². The second-order valence-corrected chi connectivity index (χ2v) is 9.10. The van der Waals surface area contributed by atoms with Crippen LogP contribution in [0.15, 0.2) is 78.9 Å². The van der Waals surface area contributed by atoms with E-state index in [0.29, 0.717) is 12.8 Å². The topological polar surface area (TPSA) is 98.7 Å². The highest BCUT2D eigenvalue weighted by Gasteiger charge is 2.29. The third-order valence-corrected chi connectivity index (χ3v) is 6.48. The minimum atomic E-state index is -0.432. The Kier molecular flexibility index (Phi) is 8.98. The van der Waals surface area contributed by atoms with E-state index in [0.717, 1.165) is 16.7 Å². The Balaban J connectivity index is 1.80. The van der Waals surface area contributed by atoms with Crippen molar-refractivity contribution >= 4 is 11.6 Å². The Bertz CT molecular complexity index is 1120. The van der Waals surface area contributed by atoms with E-state index >= 15 is 0 Å². The number of nitro benzene ring substituents is 1. The molecule has 0 aliphatic carbocycles. The number of likely N-dealkylation sites (N-methyl/N-ethyl adjacent to an activating group) is 1. The van der Waals surface area contributed by atoms with Crippen molar-refractivity contribution in [3.05, 3.63) is 106 Å². The van der Waals surface area contributed by atoms with Crippen molar-refractivity contribution in [1.82, 2.24) is 4.90 Å². The van der Waals surface area contributed by atoms with Gasteiger partial charge in [-0.2, -0.15) is 0 Å². The first-order valence-electron chi connectivity index (χ1n) is 11.7. The van der Waals surface area contributed by atoms with Gasteiger partial charge >= 0.3 is 5.69 Å². The SMILES string of the molecule is CC(c1ccccc1)C(C[C@@H](Cc1ccc([N+](=O)[O-])c(OCc2ccccc2)c1)N(C)C)C(N)=O. The first kappa shape index (κ1) is 25.9. The number of hydrogen-bond donors (Lipinski definition) is 1. The summed E-state index contributed by atoms with van der Waals surface area (Å²) >= 11 is 0. The zero-order valence-electron chi connectivity index (χ0n) is 20.5. The van der Waals surface area contributed by atoms with Crippen molar-refractivity contribution in [1.29, 1.82) is 0 Å². The number of ether oxygens (including phenoxy) is 1. The second-order valence-electron chi connectivity index (χ2n) is 9.10. The molecule has 0 radical (unpaired) electrons. The largest absolute Gasteiger partial charge is 0.482 e. The van der Waals surface area contributed by atoms with Crippen molar-refractivity contribution in [3.63, 3.8) is 0 Å². The third kappa shape index (κ3) is 7.13. The van der Waals surface area contributed by atoms with E-state index in [1.165, 1.54) is 6.07 Å². The van der Waals surface area contributed by atoms with Gasteiger partial charge in [0.05, 0.1) is 4.92 Å². The van der Waals surface area contributed by atoms with Gasteiger partial charge in [0.25, 0.3) is 0 Å². The number of amides is 1. The zero-order valence-corrected chi connectivity index (χ0v) is 20.5. The highest BCUT2D eigenvalue weighted by Crippen LogP contribution is 2.32. The maximum Gasteiger partial charge on any atom is 0.310 e. The molecular weight excluding hydrogens is 442 g/mol. The number of carbonyl (C=O) groups is 1. The van der Waals surface area contributed by atoms with Gasteiger partial charge in [0.2, 0.25) is 5.91 Å². The van der Waals surface area contributed by atoms with E-state index in [4.69, 9.17) is 10.5 Å². The number of rotatable bonds is 12. The molecule has 35 heavy (non-hydrogen) atoms. The summed E-state index contributed by atoms with van der Waals surface area (Å²) < 4.78 is 5.85. The predicted molar refractivity (Wildman–Crippen MR) is 137 cm³/mol. The first-order chi connectivity index (χ1) is 16.8. The lowest BCUT2D eigenvalue weighted by atomic mass is 9.81. The Morgan fingerprint density at radius 2 is 1.63 bits per heavy atom. The Labute approximate surface area is 206 Å². The number of nitrogens with two attached hydrogens (primary N) is 1. The number of hydrogen-bond acceptors (Lipinski definition) is 5. The Morgan fingerprint density at radius 1 is 1.00 bits per heavy atom. The summed E-state index contributed by atoms with van der Waals surface area (Å²) in [5, 5.41) is 11.6. The molecule has 0 heterocycles. The van der Waals surface area contributed by atoms with E-state index in [9.17, 15) is 14.9 Å². The number of benzene rings is 3. The summed E-state index contributed by atoms with van der Waals surface area (Å²) in [7, 11) is 3.93. The fraction of sp³-hybridized carbons (Fsp3) is 0.321. The van der Waals surface area contributed by atoms with Crippen LogP contribution in [0, 0.1) is 16.0 Å². The predicted octanol–water partition coefficient (Wildman–Crippen LogP) is 4.94. The molecule has 2 unspecified atom stereocenters. The molecule has 0 aliphatic heterocycles. The van der Waals surface area contributed by atoms with Crippen LogP contribution in [-0.4, -0.2) is 35.9 Å². The summed E-state index contributed by atoms with van der Waals surface area (Å²) in [5.41, 5.74) is 8.66. The molecule has 0 aromatic heterocycles. The van der Waals surface area contributed by atoms with Gasteiger partial charge < -0.3 is 15.4 Å². The van der Waals surface area contributed by atoms with E-state index in [1.54, 1.807) is 12.1 Å². The van der Waals surface area contributed by atoms with Gasteiger partial charge in [0, 0.05) is 18.0 Å². The third-order valence-electron chi connectivity index (χ3n) is 6.48. The monoisotopic (exact) mass is 475 g/mol. The standard InChI is InChI=1S/C28H33N3O4/c1-20(23-12-8-5-9-13-23)25(28(29)32)18-24(30(2)3)16-22-14-15-26(31(33)34)27(17-22)35-19-21-10-6-4-7-11-21/h4-15,17,20,24-25H,16,18-19H2,1-3H3,(H2,29,32)/t20?,24-,25?/m1/s1. The Hall–Kier alpha value is -3.71. The van der Waals surface area contributed by atoms with Gasteiger partial charge in [-0.05, 0) is 55.6 Å². The molecule has 7 heteroatoms. The molecule has 0 aliphatic rings. The summed E-state index contributed by atoms with van der Waals surface area (Å²) in [6.45, 7) is 2.26. The lowest BCUT2D eigenvalue weighted by molar-refractivity contribution is -0.386. The molecule has 0 saturated heterocycles. The Morgan fingerprint density at radius 3 is 2.20 bits per heavy atom. The number of nitro groups is 1. The second kappa shape index (κ2) is 12.1. The quantitative estimate of drug-likeness (QED) is 0.295. The molecule has 3 atom stereocenters.